The van der Waals surface area contributed by atoms with Crippen molar-refractivity contribution in [2.45, 2.75) is 11.8 Å². The molecule has 0 aliphatic rings. The molecule has 0 spiro atoms. The maximum atomic E-state index is 12.3. The summed E-state index contributed by atoms with van der Waals surface area (Å²) in [5.41, 5.74) is 0.948. The third kappa shape index (κ3) is 3.34. The Labute approximate surface area is 127 Å². The van der Waals surface area contributed by atoms with Crippen molar-refractivity contribution in [3.63, 3.8) is 0 Å². The van der Waals surface area contributed by atoms with Crippen molar-refractivity contribution in [1.82, 2.24) is 0 Å². The topological polar surface area (TPSA) is 98.5 Å². The van der Waals surface area contributed by atoms with Crippen LogP contribution in [0, 0.1) is 17.0 Å². The molecular formula is C14H14N2O5S. The molecule has 0 aliphatic carbocycles. The Hall–Kier alpha value is -2.61. The fourth-order valence-electron chi connectivity index (χ4n) is 1.83. The number of nitro benzene ring substituents is 1. The molecule has 0 saturated heterocycles. The molecule has 0 fully saturated rings. The highest BCUT2D eigenvalue weighted by atomic mass is 32.2. The summed E-state index contributed by atoms with van der Waals surface area (Å²) in [4.78, 5) is 9.95. The molecule has 2 aromatic carbocycles. The molecule has 2 rings (SSSR count). The van der Waals surface area contributed by atoms with Crippen LogP contribution < -0.4 is 9.46 Å². The quantitative estimate of drug-likeness (QED) is 0.674. The molecule has 0 amide bonds. The minimum absolute atomic E-state index is 0.0479. The number of sulfonamides is 1. The van der Waals surface area contributed by atoms with Crippen LogP contribution >= 0.6 is 0 Å². The predicted octanol–water partition coefficient (Wildman–Crippen LogP) is 2.71. The second-order valence-corrected chi connectivity index (χ2v) is 6.22. The van der Waals surface area contributed by atoms with Gasteiger partial charge in [-0.3, -0.25) is 14.8 Å². The minimum atomic E-state index is -3.81. The molecule has 0 aromatic heterocycles. The van der Waals surface area contributed by atoms with E-state index in [1.54, 1.807) is 25.1 Å². The smallest absolute Gasteiger partial charge is 0.269 e. The zero-order valence-electron chi connectivity index (χ0n) is 11.9. The van der Waals surface area contributed by atoms with Crippen molar-refractivity contribution in [2.75, 3.05) is 11.8 Å². The molecule has 0 atom stereocenters. The normalized spacial score (nSPS) is 11.0. The Balaban J connectivity index is 2.29. The first kappa shape index (κ1) is 15.8. The summed E-state index contributed by atoms with van der Waals surface area (Å²) in [7, 11) is -2.29. The largest absolute Gasteiger partial charge is 0.497 e. The van der Waals surface area contributed by atoms with Crippen LogP contribution in [0.4, 0.5) is 11.4 Å². The number of hydrogen-bond acceptors (Lipinski definition) is 5. The van der Waals surface area contributed by atoms with Gasteiger partial charge in [-0.15, -0.1) is 0 Å². The van der Waals surface area contributed by atoms with E-state index in [4.69, 9.17) is 4.74 Å². The van der Waals surface area contributed by atoms with E-state index >= 15 is 0 Å². The third-order valence-electron chi connectivity index (χ3n) is 3.04. The van der Waals surface area contributed by atoms with E-state index in [0.29, 0.717) is 17.0 Å². The van der Waals surface area contributed by atoms with Gasteiger partial charge in [0.15, 0.2) is 0 Å². The summed E-state index contributed by atoms with van der Waals surface area (Å²) in [6.07, 6.45) is 0. The van der Waals surface area contributed by atoms with Crippen molar-refractivity contribution >= 4 is 21.4 Å². The third-order valence-corrected chi connectivity index (χ3v) is 4.42. The number of nitro groups is 1. The summed E-state index contributed by atoms with van der Waals surface area (Å²) in [5, 5.41) is 10.6. The van der Waals surface area contributed by atoms with Crippen LogP contribution in [0.5, 0.6) is 5.75 Å². The van der Waals surface area contributed by atoms with Crippen molar-refractivity contribution < 1.29 is 18.1 Å². The van der Waals surface area contributed by atoms with Crippen LogP contribution in [0.25, 0.3) is 0 Å². The Morgan fingerprint density at radius 3 is 2.27 bits per heavy atom. The second-order valence-electron chi connectivity index (χ2n) is 4.54. The van der Waals surface area contributed by atoms with Crippen LogP contribution in [0.15, 0.2) is 47.4 Å². The average molecular weight is 322 g/mol. The summed E-state index contributed by atoms with van der Waals surface area (Å²) in [6.45, 7) is 1.75. The van der Waals surface area contributed by atoms with Gasteiger partial charge in [-0.2, -0.15) is 0 Å². The van der Waals surface area contributed by atoms with Gasteiger partial charge in [0, 0.05) is 12.1 Å². The first-order valence-corrected chi connectivity index (χ1v) is 7.74. The van der Waals surface area contributed by atoms with Crippen molar-refractivity contribution in [2.24, 2.45) is 0 Å². The molecule has 0 bridgehead atoms. The lowest BCUT2D eigenvalue weighted by molar-refractivity contribution is -0.384. The highest BCUT2D eigenvalue weighted by molar-refractivity contribution is 7.92. The van der Waals surface area contributed by atoms with E-state index in [1.807, 2.05) is 0 Å². The summed E-state index contributed by atoms with van der Waals surface area (Å²) in [5.74, 6) is 0.621. The Bertz CT molecular complexity index is 800. The molecule has 2 aromatic rings. The minimum Gasteiger partial charge on any atom is -0.497 e. The first-order chi connectivity index (χ1) is 10.3. The lowest BCUT2D eigenvalue weighted by atomic mass is 10.2. The number of aryl methyl sites for hydroxylation is 1. The van der Waals surface area contributed by atoms with Gasteiger partial charge in [-0.25, -0.2) is 8.42 Å². The van der Waals surface area contributed by atoms with Gasteiger partial charge in [0.1, 0.15) is 5.75 Å². The Morgan fingerprint density at radius 2 is 1.77 bits per heavy atom. The Kier molecular flexibility index (Phi) is 4.32. The number of methoxy groups -OCH3 is 1. The van der Waals surface area contributed by atoms with Gasteiger partial charge in [0.05, 0.1) is 22.6 Å². The molecule has 0 heterocycles. The molecule has 0 unspecified atom stereocenters. The molecular weight excluding hydrogens is 308 g/mol. The SMILES string of the molecule is COc1ccc(NS(=O)(=O)c2ccc([N+](=O)[O-])cc2)c(C)c1. The van der Waals surface area contributed by atoms with Crippen LogP contribution in [-0.4, -0.2) is 20.5 Å². The predicted molar refractivity (Wildman–Crippen MR) is 81.6 cm³/mol. The molecule has 7 nitrogen and oxygen atoms in total. The maximum absolute atomic E-state index is 12.3. The lowest BCUT2D eigenvalue weighted by Crippen LogP contribution is -2.13. The summed E-state index contributed by atoms with van der Waals surface area (Å²) >= 11 is 0. The first-order valence-electron chi connectivity index (χ1n) is 6.25. The number of nitrogens with zero attached hydrogens (tertiary/aromatic N) is 1. The van der Waals surface area contributed by atoms with Crippen LogP contribution in [0.1, 0.15) is 5.56 Å². The highest BCUT2D eigenvalue weighted by Gasteiger charge is 2.17. The molecule has 0 saturated carbocycles. The number of ether oxygens (including phenoxy) is 1. The van der Waals surface area contributed by atoms with E-state index in [1.165, 1.54) is 19.2 Å². The Morgan fingerprint density at radius 1 is 1.14 bits per heavy atom. The average Bonchev–Trinajstić information content (AvgIpc) is 2.49. The van der Waals surface area contributed by atoms with Gasteiger partial charge in [-0.05, 0) is 42.8 Å². The number of nitrogens with one attached hydrogen (secondary N) is 1. The molecule has 8 heteroatoms. The number of rotatable bonds is 5. The van der Waals surface area contributed by atoms with E-state index in [9.17, 15) is 18.5 Å². The second kappa shape index (κ2) is 6.02. The summed E-state index contributed by atoms with van der Waals surface area (Å²) < 4.78 is 32.1. The van der Waals surface area contributed by atoms with E-state index in [0.717, 1.165) is 12.1 Å². The van der Waals surface area contributed by atoms with Gasteiger partial charge >= 0.3 is 0 Å². The molecule has 0 radical (unpaired) electrons. The van der Waals surface area contributed by atoms with E-state index in [-0.39, 0.29) is 10.6 Å². The number of hydrogen-bond donors (Lipinski definition) is 1. The van der Waals surface area contributed by atoms with Crippen LogP contribution in [0.2, 0.25) is 0 Å². The van der Waals surface area contributed by atoms with Gasteiger partial charge < -0.3 is 4.74 Å². The molecule has 1 N–H and O–H groups in total. The van der Waals surface area contributed by atoms with Gasteiger partial charge in [-0.1, -0.05) is 0 Å². The monoisotopic (exact) mass is 322 g/mol. The standard InChI is InChI=1S/C14H14N2O5S/c1-10-9-12(21-2)5-8-14(10)15-22(19,20)13-6-3-11(4-7-13)16(17)18/h3-9,15H,1-2H3. The maximum Gasteiger partial charge on any atom is 0.269 e. The molecule has 116 valence electrons. The van der Waals surface area contributed by atoms with Crippen LogP contribution in [0.3, 0.4) is 0 Å². The molecule has 22 heavy (non-hydrogen) atoms. The van der Waals surface area contributed by atoms with Crippen molar-refractivity contribution in [3.05, 3.63) is 58.1 Å². The molecule has 0 aliphatic heterocycles. The van der Waals surface area contributed by atoms with Crippen molar-refractivity contribution in [3.8, 4) is 5.75 Å². The fourth-order valence-corrected chi connectivity index (χ4v) is 2.96. The number of benzene rings is 2. The number of non-ortho nitro benzene ring substituents is 1. The summed E-state index contributed by atoms with van der Waals surface area (Å²) in [6, 6.07) is 9.62. The zero-order chi connectivity index (χ0) is 16.3. The van der Waals surface area contributed by atoms with E-state index in [2.05, 4.69) is 4.72 Å². The van der Waals surface area contributed by atoms with Gasteiger partial charge in [0.2, 0.25) is 0 Å². The number of anilines is 1. The van der Waals surface area contributed by atoms with Crippen LogP contribution in [-0.2, 0) is 10.0 Å². The van der Waals surface area contributed by atoms with Gasteiger partial charge in [0.25, 0.3) is 15.7 Å². The van der Waals surface area contributed by atoms with E-state index < -0.39 is 14.9 Å². The van der Waals surface area contributed by atoms with Crippen molar-refractivity contribution in [1.29, 1.82) is 0 Å². The fraction of sp³-hybridized carbons (Fsp3) is 0.143. The zero-order valence-corrected chi connectivity index (χ0v) is 12.8. The highest BCUT2D eigenvalue weighted by Crippen LogP contribution is 2.24. The lowest BCUT2D eigenvalue weighted by Gasteiger charge is -2.11.